The topological polar surface area (TPSA) is 65.1 Å². The van der Waals surface area contributed by atoms with Crippen molar-refractivity contribution in [3.8, 4) is 17.2 Å². The van der Waals surface area contributed by atoms with Crippen molar-refractivity contribution in [3.63, 3.8) is 0 Å². The van der Waals surface area contributed by atoms with Crippen LogP contribution in [0.1, 0.15) is 39.3 Å². The molecule has 0 radical (unpaired) electrons. The molecule has 6 nitrogen and oxygen atoms in total. The largest absolute Gasteiger partial charge is 0.497 e. The predicted molar refractivity (Wildman–Crippen MR) is 142 cm³/mol. The molecule has 4 aromatic rings. The molecule has 2 atom stereocenters. The fourth-order valence-electron chi connectivity index (χ4n) is 4.56. The number of anilines is 1. The van der Waals surface area contributed by atoms with Crippen molar-refractivity contribution >= 4 is 17.4 Å². The number of benzene rings is 4. The number of Topliss-reactive ketones (excluding diaryl/α,β-unsaturated/α-hetero) is 1. The van der Waals surface area contributed by atoms with E-state index in [4.69, 9.17) is 14.2 Å². The van der Waals surface area contributed by atoms with Crippen molar-refractivity contribution in [3.05, 3.63) is 120 Å². The molecule has 0 bridgehead atoms. The van der Waals surface area contributed by atoms with Crippen LogP contribution < -0.4 is 19.1 Å². The summed E-state index contributed by atoms with van der Waals surface area (Å²) in [7, 11) is 1.60. The van der Waals surface area contributed by atoms with E-state index in [1.807, 2.05) is 43.3 Å². The number of fused-ring (bicyclic) bond motifs is 1. The molecule has 0 N–H and O–H groups in total. The molecule has 0 spiro atoms. The minimum Gasteiger partial charge on any atom is -0.497 e. The standard InChI is InChI=1S/C31H27NO5/c1-3-36-25-19-15-23(16-20-25)32(31(34)22-9-5-4-6-10-22)28-29(33)26-11-7-8-12-27(26)37-30(28)21-13-17-24(35-2)18-14-21/h4-20,28,30H,3H2,1-2H3. The molecule has 0 aromatic heterocycles. The lowest BCUT2D eigenvalue weighted by atomic mass is 9.89. The third-order valence-corrected chi connectivity index (χ3v) is 6.35. The molecule has 0 fully saturated rings. The van der Waals surface area contributed by atoms with Crippen LogP contribution in [0.3, 0.4) is 0 Å². The van der Waals surface area contributed by atoms with E-state index in [-0.39, 0.29) is 11.7 Å². The zero-order chi connectivity index (χ0) is 25.8. The van der Waals surface area contributed by atoms with Gasteiger partial charge in [-0.05, 0) is 73.2 Å². The van der Waals surface area contributed by atoms with Crippen LogP contribution in [-0.2, 0) is 0 Å². The molecule has 0 aliphatic carbocycles. The van der Waals surface area contributed by atoms with Crippen molar-refractivity contribution in [2.75, 3.05) is 18.6 Å². The van der Waals surface area contributed by atoms with E-state index in [2.05, 4.69) is 0 Å². The molecule has 1 aliphatic heterocycles. The van der Waals surface area contributed by atoms with Crippen molar-refractivity contribution in [2.24, 2.45) is 0 Å². The highest BCUT2D eigenvalue weighted by Gasteiger charge is 2.44. The summed E-state index contributed by atoms with van der Waals surface area (Å²) in [5, 5.41) is 0. The molecule has 1 aliphatic rings. The van der Waals surface area contributed by atoms with Crippen LogP contribution in [0.4, 0.5) is 5.69 Å². The van der Waals surface area contributed by atoms with Gasteiger partial charge in [0, 0.05) is 11.3 Å². The predicted octanol–water partition coefficient (Wildman–Crippen LogP) is 6.13. The number of nitrogens with zero attached hydrogens (tertiary/aromatic N) is 1. The molecule has 0 saturated heterocycles. The maximum atomic E-state index is 14.1. The number of carbonyl (C=O) groups excluding carboxylic acids is 2. The van der Waals surface area contributed by atoms with E-state index in [9.17, 15) is 9.59 Å². The third kappa shape index (κ3) is 4.78. The van der Waals surface area contributed by atoms with Gasteiger partial charge < -0.3 is 14.2 Å². The molecule has 1 heterocycles. The molecule has 186 valence electrons. The second-order valence-electron chi connectivity index (χ2n) is 8.58. The van der Waals surface area contributed by atoms with Crippen LogP contribution in [-0.4, -0.2) is 31.4 Å². The van der Waals surface area contributed by atoms with E-state index >= 15 is 0 Å². The number of rotatable bonds is 7. The Morgan fingerprint density at radius 2 is 1.49 bits per heavy atom. The van der Waals surface area contributed by atoms with Gasteiger partial charge in [-0.2, -0.15) is 0 Å². The van der Waals surface area contributed by atoms with Gasteiger partial charge in [-0.25, -0.2) is 0 Å². The molecular weight excluding hydrogens is 466 g/mol. The number of amides is 1. The highest BCUT2D eigenvalue weighted by molar-refractivity contribution is 6.14. The maximum Gasteiger partial charge on any atom is 0.259 e. The minimum atomic E-state index is -0.950. The Labute approximate surface area is 216 Å². The van der Waals surface area contributed by atoms with Crippen molar-refractivity contribution in [2.45, 2.75) is 19.1 Å². The molecule has 5 rings (SSSR count). The number of carbonyl (C=O) groups is 2. The number of hydrogen-bond donors (Lipinski definition) is 0. The Hall–Kier alpha value is -4.58. The van der Waals surface area contributed by atoms with Crippen LogP contribution in [0, 0.1) is 0 Å². The summed E-state index contributed by atoms with van der Waals surface area (Å²) in [6.45, 7) is 2.44. The number of para-hydroxylation sites is 1. The second-order valence-corrected chi connectivity index (χ2v) is 8.58. The van der Waals surface area contributed by atoms with Crippen LogP contribution in [0.25, 0.3) is 0 Å². The van der Waals surface area contributed by atoms with Gasteiger partial charge in [0.2, 0.25) is 0 Å². The average Bonchev–Trinajstić information content (AvgIpc) is 2.95. The summed E-state index contributed by atoms with van der Waals surface area (Å²) in [5.41, 5.74) is 2.23. The molecule has 0 saturated carbocycles. The zero-order valence-corrected chi connectivity index (χ0v) is 20.7. The fraction of sp³-hybridized carbons (Fsp3) is 0.161. The Morgan fingerprint density at radius 1 is 0.838 bits per heavy atom. The van der Waals surface area contributed by atoms with E-state index in [0.29, 0.717) is 40.7 Å². The smallest absolute Gasteiger partial charge is 0.259 e. The zero-order valence-electron chi connectivity index (χ0n) is 20.7. The molecule has 37 heavy (non-hydrogen) atoms. The summed E-state index contributed by atoms with van der Waals surface area (Å²) in [6, 6.07) is 29.7. The first-order chi connectivity index (χ1) is 18.1. The van der Waals surface area contributed by atoms with E-state index in [0.717, 1.165) is 5.56 Å². The van der Waals surface area contributed by atoms with Gasteiger partial charge in [0.05, 0.1) is 19.3 Å². The SMILES string of the molecule is CCOc1ccc(N(C(=O)c2ccccc2)C2C(=O)c3ccccc3OC2c2ccc(OC)cc2)cc1. The van der Waals surface area contributed by atoms with Gasteiger partial charge in [-0.1, -0.05) is 42.5 Å². The van der Waals surface area contributed by atoms with Crippen LogP contribution in [0.2, 0.25) is 0 Å². The average molecular weight is 494 g/mol. The summed E-state index contributed by atoms with van der Waals surface area (Å²) in [4.78, 5) is 29.7. The van der Waals surface area contributed by atoms with Crippen molar-refractivity contribution < 1.29 is 23.8 Å². The van der Waals surface area contributed by atoms with Crippen LogP contribution in [0.5, 0.6) is 17.2 Å². The van der Waals surface area contributed by atoms with E-state index in [1.54, 1.807) is 73.8 Å². The van der Waals surface area contributed by atoms with E-state index < -0.39 is 12.1 Å². The first-order valence-electron chi connectivity index (χ1n) is 12.2. The minimum absolute atomic E-state index is 0.194. The van der Waals surface area contributed by atoms with Gasteiger partial charge in [-0.15, -0.1) is 0 Å². The van der Waals surface area contributed by atoms with Crippen LogP contribution in [0.15, 0.2) is 103 Å². The highest BCUT2D eigenvalue weighted by atomic mass is 16.5. The monoisotopic (exact) mass is 493 g/mol. The van der Waals surface area contributed by atoms with Crippen LogP contribution >= 0.6 is 0 Å². The van der Waals surface area contributed by atoms with Gasteiger partial charge >= 0.3 is 0 Å². The molecule has 4 aromatic carbocycles. The molecule has 6 heteroatoms. The number of ether oxygens (including phenoxy) is 3. The van der Waals surface area contributed by atoms with Gasteiger partial charge in [-0.3, -0.25) is 14.5 Å². The summed E-state index contributed by atoms with van der Waals surface area (Å²) >= 11 is 0. The Kier molecular flexibility index (Phi) is 6.90. The lowest BCUT2D eigenvalue weighted by Crippen LogP contribution is -2.52. The van der Waals surface area contributed by atoms with Gasteiger partial charge in [0.25, 0.3) is 5.91 Å². The number of ketones is 1. The lowest BCUT2D eigenvalue weighted by Gasteiger charge is -2.39. The normalized spacial score (nSPS) is 16.3. The summed E-state index contributed by atoms with van der Waals surface area (Å²) in [5.74, 6) is 1.36. The Bertz CT molecular complexity index is 1380. The van der Waals surface area contributed by atoms with Gasteiger partial charge in [0.15, 0.2) is 11.9 Å². The summed E-state index contributed by atoms with van der Waals surface area (Å²) in [6.07, 6.45) is -0.743. The first-order valence-corrected chi connectivity index (χ1v) is 12.2. The second kappa shape index (κ2) is 10.6. The van der Waals surface area contributed by atoms with E-state index in [1.165, 1.54) is 4.90 Å². The molecule has 2 unspecified atom stereocenters. The molecule has 1 amide bonds. The van der Waals surface area contributed by atoms with Gasteiger partial charge in [0.1, 0.15) is 23.3 Å². The lowest BCUT2D eigenvalue weighted by molar-refractivity contribution is 0.0730. The highest BCUT2D eigenvalue weighted by Crippen LogP contribution is 2.40. The molecular formula is C31H27NO5. The Morgan fingerprint density at radius 3 is 2.16 bits per heavy atom. The quantitative estimate of drug-likeness (QED) is 0.310. The van der Waals surface area contributed by atoms with Crippen molar-refractivity contribution in [1.29, 1.82) is 0 Å². The van der Waals surface area contributed by atoms with Crippen molar-refractivity contribution in [1.82, 2.24) is 0 Å². The Balaban J connectivity index is 1.67. The first kappa shape index (κ1) is 24.1. The number of methoxy groups -OCH3 is 1. The third-order valence-electron chi connectivity index (χ3n) is 6.35. The fourth-order valence-corrected chi connectivity index (χ4v) is 4.56. The maximum absolute atomic E-state index is 14.1. The number of hydrogen-bond acceptors (Lipinski definition) is 5. The summed E-state index contributed by atoms with van der Waals surface area (Å²) < 4.78 is 17.4.